The zero-order valence-corrected chi connectivity index (χ0v) is 10.7. The van der Waals surface area contributed by atoms with Crippen LogP contribution in [0.3, 0.4) is 0 Å². The van der Waals surface area contributed by atoms with Crippen molar-refractivity contribution in [3.05, 3.63) is 30.0 Å². The predicted octanol–water partition coefficient (Wildman–Crippen LogP) is 0.911. The Morgan fingerprint density at radius 3 is 2.94 bits per heavy atom. The molecule has 2 rings (SSSR count). The molecule has 18 heavy (non-hydrogen) atoms. The molecule has 0 radical (unpaired) electrons. The molecule has 1 amide bonds. The fraction of sp³-hybridized carbons (Fsp3) is 0.385. The average molecular weight is 246 g/mol. The number of nitrogens with zero attached hydrogens (tertiary/aromatic N) is 2. The number of nitrogens with two attached hydrogens (primary N) is 1. The molecule has 5 heteroatoms. The summed E-state index contributed by atoms with van der Waals surface area (Å²) >= 11 is 0. The van der Waals surface area contributed by atoms with Crippen LogP contribution in [-0.4, -0.2) is 40.6 Å². The highest BCUT2D eigenvalue weighted by Gasteiger charge is 2.16. The first-order valence-corrected chi connectivity index (χ1v) is 6.01. The van der Waals surface area contributed by atoms with Crippen LogP contribution in [0.25, 0.3) is 10.9 Å². The molecular weight excluding hydrogens is 228 g/mol. The van der Waals surface area contributed by atoms with Crippen LogP contribution in [0.2, 0.25) is 0 Å². The summed E-state index contributed by atoms with van der Waals surface area (Å²) in [5, 5.41) is 8.10. The predicted molar refractivity (Wildman–Crippen MR) is 71.1 cm³/mol. The third-order valence-electron chi connectivity index (χ3n) is 3.26. The number of benzene rings is 1. The number of nitrogens with one attached hydrogen (secondary N) is 1. The molecule has 0 aliphatic carbocycles. The maximum absolute atomic E-state index is 12.1. The molecule has 1 atom stereocenters. The van der Waals surface area contributed by atoms with Gasteiger partial charge < -0.3 is 10.6 Å². The number of likely N-dealkylation sites (N-methyl/N-ethyl adjacent to an activating group) is 1. The Balaban J connectivity index is 2.16. The summed E-state index contributed by atoms with van der Waals surface area (Å²) in [6, 6.07) is 7.81. The summed E-state index contributed by atoms with van der Waals surface area (Å²) in [5.41, 5.74) is 7.30. The highest BCUT2D eigenvalue weighted by atomic mass is 16.2. The number of amides is 1. The molecule has 3 N–H and O–H groups in total. The Labute approximate surface area is 106 Å². The van der Waals surface area contributed by atoms with Crippen molar-refractivity contribution in [3.63, 3.8) is 0 Å². The summed E-state index contributed by atoms with van der Waals surface area (Å²) in [6.07, 6.45) is 0.321. The topological polar surface area (TPSA) is 75.0 Å². The first-order valence-electron chi connectivity index (χ1n) is 6.01. The van der Waals surface area contributed by atoms with Crippen molar-refractivity contribution in [1.82, 2.24) is 15.1 Å². The lowest BCUT2D eigenvalue weighted by molar-refractivity contribution is -0.130. The molecule has 1 unspecified atom stereocenters. The van der Waals surface area contributed by atoms with Gasteiger partial charge in [0, 0.05) is 25.0 Å². The fourth-order valence-corrected chi connectivity index (χ4v) is 1.83. The molecule has 2 aromatic rings. The molecule has 1 aromatic carbocycles. The second-order valence-electron chi connectivity index (χ2n) is 4.49. The monoisotopic (exact) mass is 246 g/mol. The van der Waals surface area contributed by atoms with Gasteiger partial charge >= 0.3 is 0 Å². The Bertz CT molecular complexity index is 549. The molecular formula is C13H18N4O. The summed E-state index contributed by atoms with van der Waals surface area (Å²) in [4.78, 5) is 13.8. The van der Waals surface area contributed by atoms with Gasteiger partial charge in [0.25, 0.3) is 0 Å². The van der Waals surface area contributed by atoms with E-state index in [1.165, 1.54) is 0 Å². The number of carbonyl (C=O) groups is 1. The number of aromatic amines is 1. The van der Waals surface area contributed by atoms with E-state index < -0.39 is 0 Å². The number of fused-ring (bicyclic) bond motifs is 1. The SMILES string of the molecule is CC(CN)N(C)C(=O)Cc1[nH]nc2ccccc12. The highest BCUT2D eigenvalue weighted by Crippen LogP contribution is 2.16. The van der Waals surface area contributed by atoms with Gasteiger partial charge in [-0.2, -0.15) is 5.10 Å². The van der Waals surface area contributed by atoms with Crippen LogP contribution in [0, 0.1) is 0 Å². The van der Waals surface area contributed by atoms with Gasteiger partial charge in [0.15, 0.2) is 0 Å². The second kappa shape index (κ2) is 5.18. The maximum Gasteiger partial charge on any atom is 0.228 e. The molecule has 1 heterocycles. The number of hydrogen-bond donors (Lipinski definition) is 2. The zero-order chi connectivity index (χ0) is 13.1. The first-order chi connectivity index (χ1) is 8.63. The van der Waals surface area contributed by atoms with Gasteiger partial charge in [-0.1, -0.05) is 18.2 Å². The minimum Gasteiger partial charge on any atom is -0.341 e. The van der Waals surface area contributed by atoms with Crippen LogP contribution in [0.4, 0.5) is 0 Å². The highest BCUT2D eigenvalue weighted by molar-refractivity contribution is 5.87. The lowest BCUT2D eigenvalue weighted by Gasteiger charge is -2.23. The Hall–Kier alpha value is -1.88. The summed E-state index contributed by atoms with van der Waals surface area (Å²) in [6.45, 7) is 2.40. The van der Waals surface area contributed by atoms with Crippen LogP contribution in [0.5, 0.6) is 0 Å². The van der Waals surface area contributed by atoms with E-state index in [2.05, 4.69) is 10.2 Å². The van der Waals surface area contributed by atoms with Crippen molar-refractivity contribution in [3.8, 4) is 0 Å². The van der Waals surface area contributed by atoms with E-state index in [4.69, 9.17) is 5.73 Å². The largest absolute Gasteiger partial charge is 0.341 e. The fourth-order valence-electron chi connectivity index (χ4n) is 1.83. The van der Waals surface area contributed by atoms with Crippen molar-refractivity contribution in [2.75, 3.05) is 13.6 Å². The summed E-state index contributed by atoms with van der Waals surface area (Å²) < 4.78 is 0. The van der Waals surface area contributed by atoms with Gasteiger partial charge in [0.2, 0.25) is 5.91 Å². The first kappa shape index (κ1) is 12.6. The van der Waals surface area contributed by atoms with E-state index in [-0.39, 0.29) is 11.9 Å². The van der Waals surface area contributed by atoms with E-state index in [1.54, 1.807) is 11.9 Å². The van der Waals surface area contributed by atoms with Gasteiger partial charge in [-0.15, -0.1) is 0 Å². The molecule has 0 saturated carbocycles. The standard InChI is InChI=1S/C13H18N4O/c1-9(8-14)17(2)13(18)7-12-10-5-3-4-6-11(10)15-16-12/h3-6,9H,7-8,14H2,1-2H3,(H,15,16). The van der Waals surface area contributed by atoms with E-state index in [1.807, 2.05) is 31.2 Å². The van der Waals surface area contributed by atoms with Crippen LogP contribution in [0.15, 0.2) is 24.3 Å². The van der Waals surface area contributed by atoms with E-state index in [0.29, 0.717) is 13.0 Å². The molecule has 96 valence electrons. The third kappa shape index (κ3) is 2.36. The number of aromatic nitrogens is 2. The van der Waals surface area contributed by atoms with Crippen LogP contribution < -0.4 is 5.73 Å². The van der Waals surface area contributed by atoms with E-state index >= 15 is 0 Å². The van der Waals surface area contributed by atoms with Crippen LogP contribution in [-0.2, 0) is 11.2 Å². The molecule has 1 aromatic heterocycles. The van der Waals surface area contributed by atoms with Crippen molar-refractivity contribution in [2.24, 2.45) is 5.73 Å². The smallest absolute Gasteiger partial charge is 0.228 e. The molecule has 0 fully saturated rings. The van der Waals surface area contributed by atoms with Gasteiger partial charge in [-0.25, -0.2) is 0 Å². The Morgan fingerprint density at radius 1 is 1.50 bits per heavy atom. The number of hydrogen-bond acceptors (Lipinski definition) is 3. The minimum absolute atomic E-state index is 0.0438. The molecule has 0 aliphatic heterocycles. The van der Waals surface area contributed by atoms with Gasteiger partial charge in [0.1, 0.15) is 0 Å². The molecule has 0 aliphatic rings. The van der Waals surface area contributed by atoms with E-state index in [9.17, 15) is 4.79 Å². The lowest BCUT2D eigenvalue weighted by atomic mass is 10.1. The molecule has 0 bridgehead atoms. The Morgan fingerprint density at radius 2 is 2.22 bits per heavy atom. The number of carbonyl (C=O) groups excluding carboxylic acids is 1. The number of H-pyrrole nitrogens is 1. The summed E-state index contributed by atoms with van der Waals surface area (Å²) in [5.74, 6) is 0.0438. The molecule has 5 nitrogen and oxygen atoms in total. The van der Waals surface area contributed by atoms with Crippen LogP contribution >= 0.6 is 0 Å². The van der Waals surface area contributed by atoms with Gasteiger partial charge in [-0.05, 0) is 13.0 Å². The van der Waals surface area contributed by atoms with Crippen molar-refractivity contribution < 1.29 is 4.79 Å². The van der Waals surface area contributed by atoms with E-state index in [0.717, 1.165) is 16.6 Å². The minimum atomic E-state index is 0.0438. The zero-order valence-electron chi connectivity index (χ0n) is 10.7. The molecule has 0 saturated heterocycles. The number of para-hydroxylation sites is 1. The van der Waals surface area contributed by atoms with Gasteiger partial charge in [-0.3, -0.25) is 9.89 Å². The van der Waals surface area contributed by atoms with Crippen LogP contribution in [0.1, 0.15) is 12.6 Å². The Kier molecular flexibility index (Phi) is 3.62. The lowest BCUT2D eigenvalue weighted by Crippen LogP contribution is -2.40. The van der Waals surface area contributed by atoms with Gasteiger partial charge in [0.05, 0.1) is 17.6 Å². The summed E-state index contributed by atoms with van der Waals surface area (Å²) in [7, 11) is 1.78. The molecule has 0 spiro atoms. The maximum atomic E-state index is 12.1. The second-order valence-corrected chi connectivity index (χ2v) is 4.49. The van der Waals surface area contributed by atoms with Crippen molar-refractivity contribution >= 4 is 16.8 Å². The third-order valence-corrected chi connectivity index (χ3v) is 3.26. The average Bonchev–Trinajstić information content (AvgIpc) is 2.80. The quantitative estimate of drug-likeness (QED) is 0.842. The normalized spacial score (nSPS) is 12.6. The van der Waals surface area contributed by atoms with Crippen molar-refractivity contribution in [2.45, 2.75) is 19.4 Å². The van der Waals surface area contributed by atoms with Crippen molar-refractivity contribution in [1.29, 1.82) is 0 Å². The number of rotatable bonds is 4.